The standard InChI is InChI=1S/C18H24ClN5O4S3/c1-2-3-6-20-17-22-23-18(30-17)29-12-16(25)21-13-4-5-14(19)15(11-13)31(26,27)24-7-9-28-10-8-24/h4-5,11H,2-3,6-10,12H2,1H3,(H,20,22)(H,21,25). The van der Waals surface area contributed by atoms with E-state index in [1.807, 2.05) is 0 Å². The molecule has 1 aliphatic heterocycles. The van der Waals surface area contributed by atoms with Gasteiger partial charge in [-0.3, -0.25) is 4.79 Å². The van der Waals surface area contributed by atoms with Crippen LogP contribution in [0.2, 0.25) is 5.02 Å². The number of nitrogens with one attached hydrogen (secondary N) is 2. The number of hydrogen-bond acceptors (Lipinski definition) is 9. The minimum atomic E-state index is -3.77. The first-order valence-corrected chi connectivity index (χ1v) is 13.4. The highest BCUT2D eigenvalue weighted by Gasteiger charge is 2.28. The molecule has 3 rings (SSSR count). The van der Waals surface area contributed by atoms with Crippen molar-refractivity contribution in [2.24, 2.45) is 0 Å². The van der Waals surface area contributed by atoms with Gasteiger partial charge in [0.2, 0.25) is 21.1 Å². The van der Waals surface area contributed by atoms with Gasteiger partial charge >= 0.3 is 0 Å². The van der Waals surface area contributed by atoms with Crippen LogP contribution < -0.4 is 10.6 Å². The van der Waals surface area contributed by atoms with Crippen molar-refractivity contribution in [3.05, 3.63) is 23.2 Å². The fourth-order valence-electron chi connectivity index (χ4n) is 2.74. The second-order valence-electron chi connectivity index (χ2n) is 6.65. The highest BCUT2D eigenvalue weighted by Crippen LogP contribution is 2.29. The molecule has 1 amide bonds. The first kappa shape index (κ1) is 24.2. The summed E-state index contributed by atoms with van der Waals surface area (Å²) in [7, 11) is -3.77. The van der Waals surface area contributed by atoms with Crippen molar-refractivity contribution >= 4 is 61.4 Å². The highest BCUT2D eigenvalue weighted by molar-refractivity contribution is 8.01. The van der Waals surface area contributed by atoms with Gasteiger partial charge in [0.05, 0.1) is 24.0 Å². The number of carbonyl (C=O) groups is 1. The number of benzene rings is 1. The maximum atomic E-state index is 12.9. The van der Waals surface area contributed by atoms with Crippen molar-refractivity contribution in [2.45, 2.75) is 29.0 Å². The summed E-state index contributed by atoms with van der Waals surface area (Å²) >= 11 is 8.81. The molecule has 2 aromatic rings. The number of unbranched alkanes of at least 4 members (excludes halogenated alkanes) is 1. The lowest BCUT2D eigenvalue weighted by Crippen LogP contribution is -2.40. The summed E-state index contributed by atoms with van der Waals surface area (Å²) in [6.45, 7) is 4.16. The summed E-state index contributed by atoms with van der Waals surface area (Å²) < 4.78 is 33.0. The summed E-state index contributed by atoms with van der Waals surface area (Å²) in [6.07, 6.45) is 2.14. The number of nitrogens with zero attached hydrogens (tertiary/aromatic N) is 3. The smallest absolute Gasteiger partial charge is 0.244 e. The van der Waals surface area contributed by atoms with E-state index >= 15 is 0 Å². The zero-order valence-corrected chi connectivity index (χ0v) is 20.2. The van der Waals surface area contributed by atoms with Crippen molar-refractivity contribution < 1.29 is 17.9 Å². The molecule has 9 nitrogen and oxygen atoms in total. The summed E-state index contributed by atoms with van der Waals surface area (Å²) in [5, 5.41) is 14.9. The zero-order valence-electron chi connectivity index (χ0n) is 17.0. The van der Waals surface area contributed by atoms with Gasteiger partial charge < -0.3 is 15.4 Å². The Kier molecular flexibility index (Phi) is 8.93. The molecule has 2 N–H and O–H groups in total. The van der Waals surface area contributed by atoms with E-state index in [-0.39, 0.29) is 34.7 Å². The molecule has 1 fully saturated rings. The SMILES string of the molecule is CCCCNc1nnc(SCC(=O)Nc2ccc(Cl)c(S(=O)(=O)N3CCOCC3)c2)s1. The minimum absolute atomic E-state index is 0.0339. The van der Waals surface area contributed by atoms with Crippen molar-refractivity contribution in [3.63, 3.8) is 0 Å². The van der Waals surface area contributed by atoms with Crippen molar-refractivity contribution in [3.8, 4) is 0 Å². The molecule has 0 spiro atoms. The normalized spacial score (nSPS) is 15.0. The zero-order chi connectivity index (χ0) is 22.3. The molecule has 13 heteroatoms. The molecule has 0 saturated carbocycles. The minimum Gasteiger partial charge on any atom is -0.379 e. The van der Waals surface area contributed by atoms with Crippen LogP contribution in [0, 0.1) is 0 Å². The highest BCUT2D eigenvalue weighted by atomic mass is 35.5. The number of halogens is 1. The Hall–Kier alpha value is -1.44. The monoisotopic (exact) mass is 505 g/mol. The maximum Gasteiger partial charge on any atom is 0.244 e. The van der Waals surface area contributed by atoms with Crippen molar-refractivity contribution in [2.75, 3.05) is 49.2 Å². The molecule has 0 unspecified atom stereocenters. The van der Waals surface area contributed by atoms with Crippen LogP contribution in [-0.4, -0.2) is 67.4 Å². The summed E-state index contributed by atoms with van der Waals surface area (Å²) in [5.74, 6) is -0.157. The molecule has 1 aromatic carbocycles. The van der Waals surface area contributed by atoms with E-state index in [1.165, 1.54) is 39.5 Å². The fourth-order valence-corrected chi connectivity index (χ4v) is 6.23. The predicted octanol–water partition coefficient (Wildman–Crippen LogP) is 3.16. The van der Waals surface area contributed by atoms with Gasteiger partial charge in [-0.05, 0) is 24.6 Å². The Bertz CT molecular complexity index is 996. The van der Waals surface area contributed by atoms with Gasteiger partial charge in [0.15, 0.2) is 4.34 Å². The fraction of sp³-hybridized carbons (Fsp3) is 0.500. The first-order valence-electron chi connectivity index (χ1n) is 9.77. The van der Waals surface area contributed by atoms with Gasteiger partial charge in [0.25, 0.3) is 0 Å². The molecule has 0 aliphatic carbocycles. The topological polar surface area (TPSA) is 114 Å². The van der Waals surface area contributed by atoms with Crippen LogP contribution in [0.3, 0.4) is 0 Å². The molecular weight excluding hydrogens is 482 g/mol. The molecule has 1 saturated heterocycles. The number of amides is 1. The maximum absolute atomic E-state index is 12.9. The molecule has 2 heterocycles. The Balaban J connectivity index is 1.58. The number of hydrogen-bond donors (Lipinski definition) is 2. The third-order valence-electron chi connectivity index (χ3n) is 4.34. The van der Waals surface area contributed by atoms with E-state index in [2.05, 4.69) is 27.8 Å². The van der Waals surface area contributed by atoms with Gasteiger partial charge in [-0.15, -0.1) is 10.2 Å². The molecule has 0 atom stereocenters. The van der Waals surface area contributed by atoms with Crippen LogP contribution in [0.25, 0.3) is 0 Å². The van der Waals surface area contributed by atoms with Crippen LogP contribution in [0.1, 0.15) is 19.8 Å². The van der Waals surface area contributed by atoms with Crippen LogP contribution in [0.4, 0.5) is 10.8 Å². The molecule has 0 bridgehead atoms. The van der Waals surface area contributed by atoms with Gasteiger partial charge in [-0.25, -0.2) is 8.42 Å². The van der Waals surface area contributed by atoms with Crippen molar-refractivity contribution in [1.82, 2.24) is 14.5 Å². The summed E-state index contributed by atoms with van der Waals surface area (Å²) in [4.78, 5) is 12.3. The summed E-state index contributed by atoms with van der Waals surface area (Å²) in [6, 6.07) is 4.43. The van der Waals surface area contributed by atoms with Crippen LogP contribution in [-0.2, 0) is 19.6 Å². The third-order valence-corrected chi connectivity index (χ3v) is 8.74. The third kappa shape index (κ3) is 6.77. The lowest BCUT2D eigenvalue weighted by molar-refractivity contribution is -0.113. The molecule has 170 valence electrons. The second kappa shape index (κ2) is 11.4. The van der Waals surface area contributed by atoms with Gasteiger partial charge in [-0.2, -0.15) is 4.31 Å². The van der Waals surface area contributed by atoms with Crippen molar-refractivity contribution in [1.29, 1.82) is 0 Å². The lowest BCUT2D eigenvalue weighted by atomic mass is 10.3. The number of carbonyl (C=O) groups excluding carboxylic acids is 1. The Morgan fingerprint density at radius 3 is 2.84 bits per heavy atom. The first-order chi connectivity index (χ1) is 14.9. The molecule has 1 aromatic heterocycles. The number of thioether (sulfide) groups is 1. The van der Waals surface area contributed by atoms with Gasteiger partial charge in [-0.1, -0.05) is 48.0 Å². The number of ether oxygens (including phenoxy) is 1. The molecular formula is C18H24ClN5O4S3. The molecule has 0 radical (unpaired) electrons. The second-order valence-corrected chi connectivity index (χ2v) is 11.2. The average molecular weight is 506 g/mol. The van der Waals surface area contributed by atoms with E-state index in [1.54, 1.807) is 6.07 Å². The molecule has 1 aliphatic rings. The Labute approximate surface area is 195 Å². The predicted molar refractivity (Wildman–Crippen MR) is 124 cm³/mol. The van der Waals surface area contributed by atoms with E-state index in [0.717, 1.165) is 24.5 Å². The van der Waals surface area contributed by atoms with Crippen LogP contribution in [0.15, 0.2) is 27.4 Å². The van der Waals surface area contributed by atoms with E-state index in [9.17, 15) is 13.2 Å². The Morgan fingerprint density at radius 1 is 1.32 bits per heavy atom. The number of morpholine rings is 1. The quantitative estimate of drug-likeness (QED) is 0.374. The van der Waals surface area contributed by atoms with E-state index in [4.69, 9.17) is 16.3 Å². The Morgan fingerprint density at radius 2 is 2.10 bits per heavy atom. The number of anilines is 2. The van der Waals surface area contributed by atoms with Crippen LogP contribution in [0.5, 0.6) is 0 Å². The van der Waals surface area contributed by atoms with E-state index < -0.39 is 10.0 Å². The number of aromatic nitrogens is 2. The van der Waals surface area contributed by atoms with Gasteiger partial charge in [0, 0.05) is 25.3 Å². The summed E-state index contributed by atoms with van der Waals surface area (Å²) in [5.41, 5.74) is 0.362. The molecule has 31 heavy (non-hydrogen) atoms. The van der Waals surface area contributed by atoms with Crippen LogP contribution >= 0.6 is 34.7 Å². The average Bonchev–Trinajstić information content (AvgIpc) is 3.22. The number of rotatable bonds is 10. The van der Waals surface area contributed by atoms with E-state index in [0.29, 0.717) is 23.2 Å². The lowest BCUT2D eigenvalue weighted by Gasteiger charge is -2.26. The van der Waals surface area contributed by atoms with Gasteiger partial charge in [0.1, 0.15) is 4.90 Å². The largest absolute Gasteiger partial charge is 0.379 e. The number of sulfonamides is 1.